The first-order valence-corrected chi connectivity index (χ1v) is 7.11. The Hall–Kier alpha value is -2.54. The molecule has 4 heterocycles. The van der Waals surface area contributed by atoms with E-state index in [4.69, 9.17) is 4.74 Å². The second-order valence-electron chi connectivity index (χ2n) is 5.07. The Morgan fingerprint density at radius 3 is 2.64 bits per heavy atom. The highest BCUT2D eigenvalue weighted by atomic mass is 19.1. The highest BCUT2D eigenvalue weighted by molar-refractivity contribution is 5.65. The highest BCUT2D eigenvalue weighted by Crippen LogP contribution is 2.23. The molecule has 0 amide bonds. The minimum atomic E-state index is -0.504. The van der Waals surface area contributed by atoms with E-state index < -0.39 is 5.95 Å². The molecule has 1 aliphatic heterocycles. The van der Waals surface area contributed by atoms with E-state index in [1.54, 1.807) is 23.0 Å². The molecule has 0 spiro atoms. The van der Waals surface area contributed by atoms with Crippen LogP contribution in [-0.2, 0) is 4.74 Å². The van der Waals surface area contributed by atoms with Gasteiger partial charge in [-0.05, 0) is 12.1 Å². The van der Waals surface area contributed by atoms with Crippen LogP contribution in [0.15, 0.2) is 36.7 Å². The number of fused-ring (bicyclic) bond motifs is 1. The summed E-state index contributed by atoms with van der Waals surface area (Å²) in [6.45, 7) is 2.68. The molecule has 0 unspecified atom stereocenters. The quantitative estimate of drug-likeness (QED) is 0.675. The largest absolute Gasteiger partial charge is 0.378 e. The van der Waals surface area contributed by atoms with E-state index in [2.05, 4.69) is 20.0 Å². The Morgan fingerprint density at radius 2 is 1.86 bits per heavy atom. The van der Waals surface area contributed by atoms with E-state index in [9.17, 15) is 4.39 Å². The van der Waals surface area contributed by atoms with Gasteiger partial charge in [0.2, 0.25) is 5.95 Å². The van der Waals surface area contributed by atoms with Crippen molar-refractivity contribution in [2.24, 2.45) is 0 Å². The van der Waals surface area contributed by atoms with E-state index in [0.717, 1.165) is 11.3 Å². The Bertz CT molecular complexity index is 798. The van der Waals surface area contributed by atoms with Crippen molar-refractivity contribution in [1.82, 2.24) is 19.6 Å². The average Bonchev–Trinajstić information content (AvgIpc) is 2.99. The van der Waals surface area contributed by atoms with Gasteiger partial charge >= 0.3 is 0 Å². The van der Waals surface area contributed by atoms with Gasteiger partial charge in [-0.15, -0.1) is 0 Å². The second kappa shape index (κ2) is 5.34. The van der Waals surface area contributed by atoms with Gasteiger partial charge in [-0.2, -0.15) is 19.0 Å². The number of hydrogen-bond acceptors (Lipinski definition) is 5. The predicted molar refractivity (Wildman–Crippen MR) is 79.2 cm³/mol. The van der Waals surface area contributed by atoms with Crippen LogP contribution in [0.3, 0.4) is 0 Å². The van der Waals surface area contributed by atoms with Crippen LogP contribution >= 0.6 is 0 Å². The number of anilines is 1. The number of hydrogen-bond donors (Lipinski definition) is 0. The van der Waals surface area contributed by atoms with Crippen molar-refractivity contribution in [3.05, 3.63) is 42.6 Å². The zero-order chi connectivity index (χ0) is 14.9. The fraction of sp³-hybridized carbons (Fsp3) is 0.267. The number of ether oxygens (including phenoxy) is 1. The Balaban J connectivity index is 1.84. The summed E-state index contributed by atoms with van der Waals surface area (Å²) in [5.74, 6) is 0.196. The van der Waals surface area contributed by atoms with Crippen molar-refractivity contribution in [2.75, 3.05) is 31.2 Å². The molecular weight excluding hydrogens is 285 g/mol. The minimum Gasteiger partial charge on any atom is -0.378 e. The minimum absolute atomic E-state index is 0.494. The molecule has 1 saturated heterocycles. The van der Waals surface area contributed by atoms with Crippen LogP contribution in [-0.4, -0.2) is 45.9 Å². The fourth-order valence-electron chi connectivity index (χ4n) is 2.61. The smallest absolute Gasteiger partial charge is 0.218 e. The van der Waals surface area contributed by atoms with Crippen LogP contribution in [0.1, 0.15) is 0 Å². The molecule has 1 fully saturated rings. The van der Waals surface area contributed by atoms with Gasteiger partial charge in [-0.1, -0.05) is 0 Å². The van der Waals surface area contributed by atoms with Crippen LogP contribution in [0.2, 0.25) is 0 Å². The average molecular weight is 299 g/mol. The van der Waals surface area contributed by atoms with Crippen LogP contribution in [0.5, 0.6) is 0 Å². The normalized spacial score (nSPS) is 15.4. The number of pyridine rings is 1. The Labute approximate surface area is 126 Å². The lowest BCUT2D eigenvalue weighted by Gasteiger charge is -2.28. The second-order valence-corrected chi connectivity index (χ2v) is 5.07. The van der Waals surface area contributed by atoms with Crippen molar-refractivity contribution in [2.45, 2.75) is 0 Å². The number of aromatic nitrogens is 4. The van der Waals surface area contributed by atoms with Crippen LogP contribution in [0.4, 0.5) is 10.2 Å². The lowest BCUT2D eigenvalue weighted by Crippen LogP contribution is -2.37. The summed E-state index contributed by atoms with van der Waals surface area (Å²) in [7, 11) is 0. The maximum Gasteiger partial charge on any atom is 0.218 e. The standard InChI is InChI=1S/C15H14FN5O/c16-13-10-15(20-5-7-22-8-6-20)21-14(18-13)9-12(19-21)11-1-3-17-4-2-11/h1-4,9-10H,5-8H2. The van der Waals surface area contributed by atoms with Crippen LogP contribution < -0.4 is 4.90 Å². The van der Waals surface area contributed by atoms with Crippen molar-refractivity contribution in [1.29, 1.82) is 0 Å². The molecule has 4 rings (SSSR count). The zero-order valence-corrected chi connectivity index (χ0v) is 11.8. The molecule has 0 atom stereocenters. The molecule has 1 aliphatic rings. The lowest BCUT2D eigenvalue weighted by atomic mass is 10.2. The first-order valence-electron chi connectivity index (χ1n) is 7.11. The Morgan fingerprint density at radius 1 is 1.09 bits per heavy atom. The zero-order valence-electron chi connectivity index (χ0n) is 11.8. The van der Waals surface area contributed by atoms with Gasteiger partial charge in [0.15, 0.2) is 5.65 Å². The molecule has 7 heteroatoms. The predicted octanol–water partition coefficient (Wildman–Crippen LogP) is 1.77. The van der Waals surface area contributed by atoms with Gasteiger partial charge < -0.3 is 9.64 Å². The first kappa shape index (κ1) is 13.1. The van der Waals surface area contributed by atoms with Gasteiger partial charge in [0.1, 0.15) is 5.82 Å². The van der Waals surface area contributed by atoms with Gasteiger partial charge in [-0.25, -0.2) is 0 Å². The number of morpholine rings is 1. The van der Waals surface area contributed by atoms with E-state index in [1.165, 1.54) is 6.07 Å². The molecular formula is C15H14FN5O. The monoisotopic (exact) mass is 299 g/mol. The SMILES string of the molecule is Fc1cc(N2CCOCC2)n2nc(-c3ccncc3)cc2n1. The molecule has 0 N–H and O–H groups in total. The summed E-state index contributed by atoms with van der Waals surface area (Å²) in [6.07, 6.45) is 3.41. The summed E-state index contributed by atoms with van der Waals surface area (Å²) in [4.78, 5) is 10.00. The lowest BCUT2D eigenvalue weighted by molar-refractivity contribution is 0.122. The summed E-state index contributed by atoms with van der Waals surface area (Å²) >= 11 is 0. The number of rotatable bonds is 2. The summed E-state index contributed by atoms with van der Waals surface area (Å²) in [6, 6.07) is 6.93. The van der Waals surface area contributed by atoms with Crippen molar-refractivity contribution >= 4 is 11.5 Å². The van der Waals surface area contributed by atoms with Crippen LogP contribution in [0, 0.1) is 5.95 Å². The van der Waals surface area contributed by atoms with Crippen LogP contribution in [0.25, 0.3) is 16.9 Å². The third-order valence-corrected chi connectivity index (χ3v) is 3.69. The Kier molecular flexibility index (Phi) is 3.19. The van der Waals surface area contributed by atoms with Gasteiger partial charge in [0.25, 0.3) is 0 Å². The van der Waals surface area contributed by atoms with E-state index in [1.807, 2.05) is 12.1 Å². The van der Waals surface area contributed by atoms with Gasteiger partial charge in [0.05, 0.1) is 18.9 Å². The van der Waals surface area contributed by atoms with E-state index in [0.29, 0.717) is 37.8 Å². The third kappa shape index (κ3) is 2.29. The van der Waals surface area contributed by atoms with Crippen molar-refractivity contribution in [3.8, 4) is 11.3 Å². The number of halogens is 1. The first-order chi connectivity index (χ1) is 10.8. The molecule has 0 saturated carbocycles. The molecule has 0 bridgehead atoms. The maximum absolute atomic E-state index is 13.8. The fourth-order valence-corrected chi connectivity index (χ4v) is 2.61. The molecule has 0 aromatic carbocycles. The summed E-state index contributed by atoms with van der Waals surface area (Å²) < 4.78 is 20.9. The maximum atomic E-state index is 13.8. The molecule has 3 aromatic rings. The third-order valence-electron chi connectivity index (χ3n) is 3.69. The van der Waals surface area contributed by atoms with Crippen molar-refractivity contribution < 1.29 is 9.13 Å². The summed E-state index contributed by atoms with van der Waals surface area (Å²) in [5, 5.41) is 4.58. The van der Waals surface area contributed by atoms with Crippen molar-refractivity contribution in [3.63, 3.8) is 0 Å². The van der Waals surface area contributed by atoms with E-state index >= 15 is 0 Å². The summed E-state index contributed by atoms with van der Waals surface area (Å²) in [5.41, 5.74) is 2.16. The number of nitrogens with zero attached hydrogens (tertiary/aromatic N) is 5. The molecule has 0 radical (unpaired) electrons. The van der Waals surface area contributed by atoms with Gasteiger partial charge in [-0.3, -0.25) is 4.98 Å². The topological polar surface area (TPSA) is 55.6 Å². The molecule has 6 nitrogen and oxygen atoms in total. The van der Waals surface area contributed by atoms with E-state index in [-0.39, 0.29) is 0 Å². The highest BCUT2D eigenvalue weighted by Gasteiger charge is 2.18. The molecule has 3 aromatic heterocycles. The van der Waals surface area contributed by atoms with Gasteiger partial charge in [0, 0.05) is 43.2 Å². The molecule has 22 heavy (non-hydrogen) atoms. The molecule has 0 aliphatic carbocycles. The molecule has 112 valence electrons.